The second-order valence-electron chi connectivity index (χ2n) is 6.19. The van der Waals surface area contributed by atoms with Crippen molar-refractivity contribution in [2.75, 3.05) is 21.3 Å². The zero-order chi connectivity index (χ0) is 19.0. The Balaban J connectivity index is 1.75. The van der Waals surface area contributed by atoms with E-state index in [2.05, 4.69) is 27.9 Å². The zero-order valence-corrected chi connectivity index (χ0v) is 15.6. The van der Waals surface area contributed by atoms with Crippen molar-refractivity contribution in [1.82, 2.24) is 9.72 Å². The van der Waals surface area contributed by atoms with Crippen molar-refractivity contribution in [3.63, 3.8) is 0 Å². The number of aryl methyl sites for hydroxylation is 1. The summed E-state index contributed by atoms with van der Waals surface area (Å²) < 4.78 is 23.9. The average molecular weight is 364 g/mol. The van der Waals surface area contributed by atoms with Gasteiger partial charge >= 0.3 is 0 Å². The molecule has 0 bridgehead atoms. The summed E-state index contributed by atoms with van der Waals surface area (Å²) in [5.41, 5.74) is 3.73. The number of rotatable bonds is 5. The van der Waals surface area contributed by atoms with E-state index in [1.165, 1.54) is 5.52 Å². The maximum atomic E-state index is 5.59. The third-order valence-corrected chi connectivity index (χ3v) is 4.64. The van der Waals surface area contributed by atoms with E-state index in [1.807, 2.05) is 37.5 Å². The molecule has 0 atom stereocenters. The molecular formula is C21H20N2O4. The van der Waals surface area contributed by atoms with Crippen LogP contribution in [-0.4, -0.2) is 31.1 Å². The van der Waals surface area contributed by atoms with Crippen LogP contribution >= 0.6 is 0 Å². The Hall–Kier alpha value is -3.41. The van der Waals surface area contributed by atoms with Gasteiger partial charge in [0.25, 0.3) is 0 Å². The van der Waals surface area contributed by atoms with Gasteiger partial charge in [0, 0.05) is 41.3 Å². The number of ether oxygens (including phenoxy) is 3. The summed E-state index contributed by atoms with van der Waals surface area (Å²) in [5.74, 6) is 2.29. The maximum absolute atomic E-state index is 5.59. The van der Waals surface area contributed by atoms with Crippen LogP contribution in [0.2, 0.25) is 0 Å². The van der Waals surface area contributed by atoms with Crippen LogP contribution in [0.5, 0.6) is 17.2 Å². The average Bonchev–Trinajstić information content (AvgIpc) is 3.34. The summed E-state index contributed by atoms with van der Waals surface area (Å²) >= 11 is 0. The van der Waals surface area contributed by atoms with Gasteiger partial charge in [0.15, 0.2) is 17.3 Å². The van der Waals surface area contributed by atoms with Gasteiger partial charge < -0.3 is 23.3 Å². The summed E-state index contributed by atoms with van der Waals surface area (Å²) in [5, 5.41) is 5.39. The summed E-state index contributed by atoms with van der Waals surface area (Å²) in [7, 11) is 6.77. The highest BCUT2D eigenvalue weighted by Crippen LogP contribution is 2.41. The molecule has 0 aliphatic rings. The number of methoxy groups -OCH3 is 3. The molecule has 2 heterocycles. The van der Waals surface area contributed by atoms with E-state index in [-0.39, 0.29) is 0 Å². The number of fused-ring (bicyclic) bond motifs is 1. The molecule has 0 spiro atoms. The molecule has 0 aliphatic carbocycles. The Kier molecular flexibility index (Phi) is 4.24. The first-order chi connectivity index (χ1) is 13.1. The summed E-state index contributed by atoms with van der Waals surface area (Å²) in [6.07, 6.45) is 2.04. The van der Waals surface area contributed by atoms with E-state index in [9.17, 15) is 0 Å². The highest BCUT2D eigenvalue weighted by molar-refractivity contribution is 5.85. The third-order valence-electron chi connectivity index (χ3n) is 4.64. The fourth-order valence-corrected chi connectivity index (χ4v) is 3.21. The lowest BCUT2D eigenvalue weighted by molar-refractivity contribution is 0.324. The lowest BCUT2D eigenvalue weighted by Crippen LogP contribution is -1.95. The molecule has 0 radical (unpaired) electrons. The molecule has 2 aromatic carbocycles. The molecule has 4 rings (SSSR count). The van der Waals surface area contributed by atoms with Crippen LogP contribution in [0.1, 0.15) is 0 Å². The highest BCUT2D eigenvalue weighted by atomic mass is 16.5. The predicted octanol–water partition coefficient (Wildman–Crippen LogP) is 4.53. The van der Waals surface area contributed by atoms with Gasteiger partial charge in [-0.05, 0) is 30.3 Å². The van der Waals surface area contributed by atoms with Crippen molar-refractivity contribution in [3.05, 3.63) is 48.7 Å². The quantitative estimate of drug-likeness (QED) is 0.521. The Morgan fingerprint density at radius 2 is 1.59 bits per heavy atom. The largest absolute Gasteiger partial charge is 0.493 e. The SMILES string of the molecule is COc1cc(-c2cc(-c3ccc4c(ccn4C)c3)no2)cc(OC)c1OC. The van der Waals surface area contributed by atoms with Crippen molar-refractivity contribution >= 4 is 10.9 Å². The van der Waals surface area contributed by atoms with E-state index >= 15 is 0 Å². The monoisotopic (exact) mass is 364 g/mol. The molecule has 6 nitrogen and oxygen atoms in total. The molecule has 6 heteroatoms. The van der Waals surface area contributed by atoms with Crippen LogP contribution in [0, 0.1) is 0 Å². The fourth-order valence-electron chi connectivity index (χ4n) is 3.21. The van der Waals surface area contributed by atoms with Gasteiger partial charge in [-0.2, -0.15) is 0 Å². The number of hydrogen-bond acceptors (Lipinski definition) is 5. The minimum atomic E-state index is 0.540. The van der Waals surface area contributed by atoms with Crippen molar-refractivity contribution in [1.29, 1.82) is 0 Å². The van der Waals surface area contributed by atoms with Crippen LogP contribution < -0.4 is 14.2 Å². The second kappa shape index (κ2) is 6.72. The van der Waals surface area contributed by atoms with E-state index in [1.54, 1.807) is 21.3 Å². The lowest BCUT2D eigenvalue weighted by Gasteiger charge is -2.12. The summed E-state index contributed by atoms with van der Waals surface area (Å²) in [4.78, 5) is 0. The van der Waals surface area contributed by atoms with E-state index in [0.717, 1.165) is 22.2 Å². The minimum absolute atomic E-state index is 0.540. The molecular weight excluding hydrogens is 344 g/mol. The fraction of sp³-hybridized carbons (Fsp3) is 0.190. The van der Waals surface area contributed by atoms with E-state index < -0.39 is 0 Å². The van der Waals surface area contributed by atoms with Gasteiger partial charge in [-0.3, -0.25) is 0 Å². The molecule has 4 aromatic rings. The predicted molar refractivity (Wildman–Crippen MR) is 104 cm³/mol. The molecule has 27 heavy (non-hydrogen) atoms. The normalized spacial score (nSPS) is 11.0. The maximum Gasteiger partial charge on any atom is 0.203 e. The van der Waals surface area contributed by atoms with E-state index in [0.29, 0.717) is 23.0 Å². The lowest BCUT2D eigenvalue weighted by atomic mass is 10.1. The second-order valence-corrected chi connectivity index (χ2v) is 6.19. The Bertz CT molecular complexity index is 1090. The van der Waals surface area contributed by atoms with Gasteiger partial charge in [0.1, 0.15) is 5.69 Å². The number of benzene rings is 2. The Morgan fingerprint density at radius 1 is 0.852 bits per heavy atom. The van der Waals surface area contributed by atoms with Crippen molar-refractivity contribution < 1.29 is 18.7 Å². The molecule has 138 valence electrons. The molecule has 0 saturated heterocycles. The first-order valence-electron chi connectivity index (χ1n) is 8.47. The van der Waals surface area contributed by atoms with Gasteiger partial charge in [-0.25, -0.2) is 0 Å². The first kappa shape index (κ1) is 17.0. The van der Waals surface area contributed by atoms with Crippen molar-refractivity contribution in [2.24, 2.45) is 7.05 Å². The Labute approximate surface area is 156 Å². The minimum Gasteiger partial charge on any atom is -0.493 e. The Morgan fingerprint density at radius 3 is 2.26 bits per heavy atom. The van der Waals surface area contributed by atoms with Crippen LogP contribution in [0.3, 0.4) is 0 Å². The molecule has 0 saturated carbocycles. The number of nitrogens with zero attached hydrogens (tertiary/aromatic N) is 2. The molecule has 0 aliphatic heterocycles. The van der Waals surface area contributed by atoms with Crippen molar-refractivity contribution in [2.45, 2.75) is 0 Å². The van der Waals surface area contributed by atoms with Crippen LogP contribution in [0.15, 0.2) is 53.2 Å². The molecule has 0 fully saturated rings. The smallest absolute Gasteiger partial charge is 0.203 e. The molecule has 2 aromatic heterocycles. The molecule has 0 amide bonds. The molecule has 0 unspecified atom stereocenters. The first-order valence-corrected chi connectivity index (χ1v) is 8.47. The van der Waals surface area contributed by atoms with E-state index in [4.69, 9.17) is 18.7 Å². The number of aromatic nitrogens is 2. The van der Waals surface area contributed by atoms with Crippen LogP contribution in [-0.2, 0) is 7.05 Å². The highest BCUT2D eigenvalue weighted by Gasteiger charge is 2.17. The summed E-state index contributed by atoms with van der Waals surface area (Å²) in [6.45, 7) is 0. The van der Waals surface area contributed by atoms with Crippen LogP contribution in [0.4, 0.5) is 0 Å². The standard InChI is InChI=1S/C21H20N2O4/c1-23-8-7-14-9-13(5-6-17(14)23)16-12-18(27-22-16)15-10-19(24-2)21(26-4)20(11-15)25-3/h5-12H,1-4H3. The van der Waals surface area contributed by atoms with Crippen molar-refractivity contribution in [3.8, 4) is 39.8 Å². The van der Waals surface area contributed by atoms with Gasteiger partial charge in [-0.15, -0.1) is 0 Å². The summed E-state index contributed by atoms with van der Waals surface area (Å²) in [6, 6.07) is 13.9. The number of hydrogen-bond donors (Lipinski definition) is 0. The molecule has 0 N–H and O–H groups in total. The van der Waals surface area contributed by atoms with Crippen LogP contribution in [0.25, 0.3) is 33.5 Å². The van der Waals surface area contributed by atoms with Gasteiger partial charge in [0.05, 0.1) is 21.3 Å². The van der Waals surface area contributed by atoms with Gasteiger partial charge in [-0.1, -0.05) is 11.2 Å². The zero-order valence-electron chi connectivity index (χ0n) is 15.6. The van der Waals surface area contributed by atoms with Gasteiger partial charge in [0.2, 0.25) is 5.75 Å². The third kappa shape index (κ3) is 2.89. The topological polar surface area (TPSA) is 58.7 Å².